The molecule has 3 rings (SSSR count). The summed E-state index contributed by atoms with van der Waals surface area (Å²) in [6, 6.07) is 9.06. The predicted octanol–water partition coefficient (Wildman–Crippen LogP) is 2.79. The standard InChI is InChI=1S/C18H20N2O3/c21-17-9-2-1-3-11-20(17)12-13-23-18(22)15-6-4-8-16-14(15)7-5-10-19-16/h4-8,10H,1-3,9,11-13H2. The first-order valence-electron chi connectivity index (χ1n) is 8.04. The number of hydrogen-bond donors (Lipinski definition) is 0. The fraction of sp³-hybridized carbons (Fsp3) is 0.389. The van der Waals surface area contributed by atoms with Crippen LogP contribution in [0.1, 0.15) is 36.0 Å². The van der Waals surface area contributed by atoms with Crippen molar-refractivity contribution in [2.75, 3.05) is 19.7 Å². The number of carbonyl (C=O) groups is 2. The fourth-order valence-corrected chi connectivity index (χ4v) is 2.88. The smallest absolute Gasteiger partial charge is 0.338 e. The predicted molar refractivity (Wildman–Crippen MR) is 87.1 cm³/mol. The highest BCUT2D eigenvalue weighted by Crippen LogP contribution is 2.17. The minimum atomic E-state index is -0.370. The zero-order chi connectivity index (χ0) is 16.1. The maximum absolute atomic E-state index is 12.3. The lowest BCUT2D eigenvalue weighted by Crippen LogP contribution is -2.33. The molecule has 5 heteroatoms. The second-order valence-electron chi connectivity index (χ2n) is 5.70. The average Bonchev–Trinajstić information content (AvgIpc) is 2.79. The number of hydrogen-bond acceptors (Lipinski definition) is 4. The fourth-order valence-electron chi connectivity index (χ4n) is 2.88. The molecule has 23 heavy (non-hydrogen) atoms. The zero-order valence-electron chi connectivity index (χ0n) is 13.0. The van der Waals surface area contributed by atoms with Gasteiger partial charge in [0.2, 0.25) is 5.91 Å². The van der Waals surface area contributed by atoms with Gasteiger partial charge in [0, 0.05) is 24.5 Å². The molecule has 0 aliphatic carbocycles. The van der Waals surface area contributed by atoms with E-state index < -0.39 is 0 Å². The molecule has 120 valence electrons. The van der Waals surface area contributed by atoms with E-state index in [1.54, 1.807) is 29.3 Å². The van der Waals surface area contributed by atoms with E-state index in [0.717, 1.165) is 36.7 Å². The zero-order valence-corrected chi connectivity index (χ0v) is 13.0. The molecule has 0 radical (unpaired) electrons. The van der Waals surface area contributed by atoms with E-state index in [2.05, 4.69) is 4.98 Å². The number of carbonyl (C=O) groups excluding carboxylic acids is 2. The molecule has 0 spiro atoms. The number of benzene rings is 1. The second-order valence-corrected chi connectivity index (χ2v) is 5.70. The molecule has 1 aliphatic rings. The molecule has 0 unspecified atom stereocenters. The van der Waals surface area contributed by atoms with Crippen LogP contribution in [0, 0.1) is 0 Å². The van der Waals surface area contributed by atoms with Crippen molar-refractivity contribution < 1.29 is 14.3 Å². The lowest BCUT2D eigenvalue weighted by Gasteiger charge is -2.20. The molecular weight excluding hydrogens is 292 g/mol. The van der Waals surface area contributed by atoms with Gasteiger partial charge in [-0.1, -0.05) is 18.6 Å². The van der Waals surface area contributed by atoms with E-state index in [-0.39, 0.29) is 18.5 Å². The molecule has 1 aliphatic heterocycles. The third-order valence-corrected chi connectivity index (χ3v) is 4.13. The lowest BCUT2D eigenvalue weighted by molar-refractivity contribution is -0.131. The van der Waals surface area contributed by atoms with Gasteiger partial charge in [-0.15, -0.1) is 0 Å². The van der Waals surface area contributed by atoms with Gasteiger partial charge in [-0.2, -0.15) is 0 Å². The largest absolute Gasteiger partial charge is 0.460 e. The second kappa shape index (κ2) is 7.22. The Hall–Kier alpha value is -2.43. The van der Waals surface area contributed by atoms with E-state index in [0.29, 0.717) is 18.5 Å². The third kappa shape index (κ3) is 3.67. The van der Waals surface area contributed by atoms with Crippen LogP contribution in [-0.2, 0) is 9.53 Å². The molecule has 1 fully saturated rings. The maximum atomic E-state index is 12.3. The maximum Gasteiger partial charge on any atom is 0.338 e. The summed E-state index contributed by atoms with van der Waals surface area (Å²) in [7, 11) is 0. The van der Waals surface area contributed by atoms with Gasteiger partial charge in [0.25, 0.3) is 0 Å². The molecule has 0 N–H and O–H groups in total. The molecule has 0 saturated carbocycles. The van der Waals surface area contributed by atoms with Gasteiger partial charge in [0.05, 0.1) is 17.6 Å². The number of fused-ring (bicyclic) bond motifs is 1. The molecule has 1 aromatic heterocycles. The summed E-state index contributed by atoms with van der Waals surface area (Å²) < 4.78 is 5.37. The van der Waals surface area contributed by atoms with E-state index in [9.17, 15) is 9.59 Å². The first kappa shape index (κ1) is 15.5. The van der Waals surface area contributed by atoms with E-state index >= 15 is 0 Å². The van der Waals surface area contributed by atoms with Crippen molar-refractivity contribution in [3.63, 3.8) is 0 Å². The highest BCUT2D eigenvalue weighted by Gasteiger charge is 2.17. The molecule has 0 atom stereocenters. The van der Waals surface area contributed by atoms with Crippen LogP contribution in [0.5, 0.6) is 0 Å². The van der Waals surface area contributed by atoms with Crippen LogP contribution in [0.3, 0.4) is 0 Å². The van der Waals surface area contributed by atoms with Crippen molar-refractivity contribution in [2.24, 2.45) is 0 Å². The number of pyridine rings is 1. The van der Waals surface area contributed by atoms with Crippen LogP contribution < -0.4 is 0 Å². The highest BCUT2D eigenvalue weighted by molar-refractivity contribution is 6.03. The van der Waals surface area contributed by atoms with E-state index in [1.165, 1.54) is 0 Å². The summed E-state index contributed by atoms with van der Waals surface area (Å²) in [4.78, 5) is 30.2. The van der Waals surface area contributed by atoms with Crippen LogP contribution >= 0.6 is 0 Å². The van der Waals surface area contributed by atoms with Crippen molar-refractivity contribution in [3.8, 4) is 0 Å². The minimum Gasteiger partial charge on any atom is -0.460 e. The molecule has 1 amide bonds. The normalized spacial score (nSPS) is 15.5. The lowest BCUT2D eigenvalue weighted by atomic mass is 10.1. The van der Waals surface area contributed by atoms with Crippen LogP contribution in [0.4, 0.5) is 0 Å². The van der Waals surface area contributed by atoms with Crippen LogP contribution in [0.25, 0.3) is 10.9 Å². The Balaban J connectivity index is 1.61. The first-order valence-corrected chi connectivity index (χ1v) is 8.04. The average molecular weight is 312 g/mol. The number of amides is 1. The monoisotopic (exact) mass is 312 g/mol. The van der Waals surface area contributed by atoms with E-state index in [1.807, 2.05) is 12.1 Å². The number of ether oxygens (including phenoxy) is 1. The Labute approximate surface area is 135 Å². The summed E-state index contributed by atoms with van der Waals surface area (Å²) in [6.07, 6.45) is 5.36. The summed E-state index contributed by atoms with van der Waals surface area (Å²) in [5.41, 5.74) is 1.28. The van der Waals surface area contributed by atoms with E-state index in [4.69, 9.17) is 4.74 Å². The van der Waals surface area contributed by atoms with Crippen molar-refractivity contribution in [1.82, 2.24) is 9.88 Å². The molecular formula is C18H20N2O3. The summed E-state index contributed by atoms with van der Waals surface area (Å²) >= 11 is 0. The molecule has 1 aromatic carbocycles. The highest BCUT2D eigenvalue weighted by atomic mass is 16.5. The van der Waals surface area contributed by atoms with Crippen molar-refractivity contribution in [1.29, 1.82) is 0 Å². The Morgan fingerprint density at radius 2 is 2.09 bits per heavy atom. The van der Waals surface area contributed by atoms with Crippen LogP contribution in [0.15, 0.2) is 36.5 Å². The number of esters is 1. The Kier molecular flexibility index (Phi) is 4.86. The number of likely N-dealkylation sites (tertiary alicyclic amines) is 1. The molecule has 1 saturated heterocycles. The third-order valence-electron chi connectivity index (χ3n) is 4.13. The topological polar surface area (TPSA) is 59.5 Å². The van der Waals surface area contributed by atoms with Gasteiger partial charge < -0.3 is 9.64 Å². The van der Waals surface area contributed by atoms with Gasteiger partial charge in [0.15, 0.2) is 0 Å². The molecule has 0 bridgehead atoms. The number of aromatic nitrogens is 1. The van der Waals surface area contributed by atoms with Gasteiger partial charge in [-0.3, -0.25) is 9.78 Å². The van der Waals surface area contributed by atoms with Gasteiger partial charge in [-0.05, 0) is 31.0 Å². The van der Waals surface area contributed by atoms with Crippen LogP contribution in [0.2, 0.25) is 0 Å². The summed E-state index contributed by atoms with van der Waals surface area (Å²) in [5.74, 6) is -0.209. The Bertz CT molecular complexity index is 709. The van der Waals surface area contributed by atoms with Gasteiger partial charge in [-0.25, -0.2) is 4.79 Å². The minimum absolute atomic E-state index is 0.160. The number of rotatable bonds is 4. The quantitative estimate of drug-likeness (QED) is 0.815. The first-order chi connectivity index (χ1) is 11.3. The summed E-state index contributed by atoms with van der Waals surface area (Å²) in [6.45, 7) is 1.45. The van der Waals surface area contributed by atoms with Gasteiger partial charge in [0.1, 0.15) is 6.61 Å². The van der Waals surface area contributed by atoms with Gasteiger partial charge >= 0.3 is 5.97 Å². The molecule has 2 aromatic rings. The van der Waals surface area contributed by atoms with Crippen molar-refractivity contribution in [2.45, 2.75) is 25.7 Å². The number of nitrogens with zero attached hydrogens (tertiary/aromatic N) is 2. The van der Waals surface area contributed by atoms with Crippen molar-refractivity contribution in [3.05, 3.63) is 42.1 Å². The molecule has 5 nitrogen and oxygen atoms in total. The Morgan fingerprint density at radius 3 is 3.00 bits per heavy atom. The molecule has 2 heterocycles. The van der Waals surface area contributed by atoms with Crippen LogP contribution in [-0.4, -0.2) is 41.5 Å². The van der Waals surface area contributed by atoms with Crippen molar-refractivity contribution >= 4 is 22.8 Å². The Morgan fingerprint density at radius 1 is 1.17 bits per heavy atom. The summed E-state index contributed by atoms with van der Waals surface area (Å²) in [5, 5.41) is 0.783. The SMILES string of the molecule is O=C(OCCN1CCCCCC1=O)c1cccc2ncccc12.